The molecule has 0 radical (unpaired) electrons. The third-order valence-corrected chi connectivity index (χ3v) is 3.01. The number of piperazine rings is 1. The number of rotatable bonds is 3. The third kappa shape index (κ3) is 2.55. The van der Waals surface area contributed by atoms with Crippen molar-refractivity contribution in [2.75, 3.05) is 26.2 Å². The Morgan fingerprint density at radius 3 is 2.80 bits per heavy atom. The lowest BCUT2D eigenvalue weighted by Gasteiger charge is -2.34. The summed E-state index contributed by atoms with van der Waals surface area (Å²) < 4.78 is 0. The highest BCUT2D eigenvalue weighted by molar-refractivity contribution is 5.09. The van der Waals surface area contributed by atoms with Crippen LogP contribution >= 0.6 is 0 Å². The Balaban J connectivity index is 2.09. The predicted molar refractivity (Wildman–Crippen MR) is 61.7 cm³/mol. The van der Waals surface area contributed by atoms with Gasteiger partial charge in [-0.25, -0.2) is 0 Å². The van der Waals surface area contributed by atoms with Crippen LogP contribution in [0.15, 0.2) is 24.4 Å². The lowest BCUT2D eigenvalue weighted by molar-refractivity contribution is 0.166. The molecule has 1 N–H and O–H groups in total. The van der Waals surface area contributed by atoms with Gasteiger partial charge < -0.3 is 5.32 Å². The van der Waals surface area contributed by atoms with Crippen molar-refractivity contribution in [2.24, 2.45) is 0 Å². The van der Waals surface area contributed by atoms with Gasteiger partial charge in [-0.1, -0.05) is 13.0 Å². The van der Waals surface area contributed by atoms with Crippen molar-refractivity contribution in [3.63, 3.8) is 0 Å². The quantitative estimate of drug-likeness (QED) is 0.809. The molecule has 2 rings (SSSR count). The molecule has 1 aromatic heterocycles. The van der Waals surface area contributed by atoms with Gasteiger partial charge in [0.1, 0.15) is 0 Å². The van der Waals surface area contributed by atoms with Crippen LogP contribution in [0.25, 0.3) is 0 Å². The number of hydrogen-bond donors (Lipinski definition) is 1. The fraction of sp³-hybridized carbons (Fsp3) is 0.583. The molecular weight excluding hydrogens is 186 g/mol. The summed E-state index contributed by atoms with van der Waals surface area (Å²) >= 11 is 0. The second-order valence-electron chi connectivity index (χ2n) is 3.96. The SMILES string of the molecule is CC[C@H](c1ccccn1)N1CCNCC1. The van der Waals surface area contributed by atoms with Gasteiger partial charge in [-0.15, -0.1) is 0 Å². The van der Waals surface area contributed by atoms with E-state index in [9.17, 15) is 0 Å². The van der Waals surface area contributed by atoms with E-state index < -0.39 is 0 Å². The van der Waals surface area contributed by atoms with Crippen molar-refractivity contribution in [3.05, 3.63) is 30.1 Å². The summed E-state index contributed by atoms with van der Waals surface area (Å²) in [5.41, 5.74) is 1.21. The summed E-state index contributed by atoms with van der Waals surface area (Å²) in [6, 6.07) is 6.69. The number of aromatic nitrogens is 1. The van der Waals surface area contributed by atoms with E-state index in [0.29, 0.717) is 6.04 Å². The Morgan fingerprint density at radius 1 is 1.40 bits per heavy atom. The first-order valence-electron chi connectivity index (χ1n) is 5.77. The number of hydrogen-bond acceptors (Lipinski definition) is 3. The van der Waals surface area contributed by atoms with E-state index in [0.717, 1.165) is 32.6 Å². The minimum atomic E-state index is 0.494. The molecule has 0 aromatic carbocycles. The molecule has 82 valence electrons. The van der Waals surface area contributed by atoms with Gasteiger partial charge in [-0.05, 0) is 18.6 Å². The van der Waals surface area contributed by atoms with Gasteiger partial charge in [-0.2, -0.15) is 0 Å². The summed E-state index contributed by atoms with van der Waals surface area (Å²) in [6.45, 7) is 6.71. The van der Waals surface area contributed by atoms with Crippen LogP contribution in [-0.4, -0.2) is 36.1 Å². The molecule has 0 saturated carbocycles. The highest BCUT2D eigenvalue weighted by Crippen LogP contribution is 2.21. The number of nitrogens with one attached hydrogen (secondary N) is 1. The maximum Gasteiger partial charge on any atom is 0.0575 e. The topological polar surface area (TPSA) is 28.2 Å². The van der Waals surface area contributed by atoms with Crippen molar-refractivity contribution in [1.82, 2.24) is 15.2 Å². The summed E-state index contributed by atoms with van der Waals surface area (Å²) in [7, 11) is 0. The van der Waals surface area contributed by atoms with Gasteiger partial charge >= 0.3 is 0 Å². The molecule has 0 bridgehead atoms. The molecule has 1 saturated heterocycles. The molecule has 1 atom stereocenters. The Hall–Kier alpha value is -0.930. The van der Waals surface area contributed by atoms with E-state index in [1.165, 1.54) is 5.69 Å². The lowest BCUT2D eigenvalue weighted by atomic mass is 10.1. The molecule has 0 unspecified atom stereocenters. The monoisotopic (exact) mass is 205 g/mol. The van der Waals surface area contributed by atoms with Gasteiger partial charge in [0.15, 0.2) is 0 Å². The van der Waals surface area contributed by atoms with E-state index in [1.807, 2.05) is 12.3 Å². The highest BCUT2D eigenvalue weighted by Gasteiger charge is 2.20. The molecule has 2 heterocycles. The van der Waals surface area contributed by atoms with Crippen LogP contribution in [-0.2, 0) is 0 Å². The standard InChI is InChI=1S/C12H19N3/c1-2-12(11-5-3-4-6-14-11)15-9-7-13-8-10-15/h3-6,12-13H,2,7-10H2,1H3/t12-/m1/s1. The molecule has 0 spiro atoms. The molecule has 3 nitrogen and oxygen atoms in total. The molecule has 15 heavy (non-hydrogen) atoms. The Kier molecular flexibility index (Phi) is 3.69. The normalized spacial score (nSPS) is 20.1. The van der Waals surface area contributed by atoms with E-state index in [1.54, 1.807) is 0 Å². The maximum atomic E-state index is 4.46. The Bertz CT molecular complexity index is 280. The van der Waals surface area contributed by atoms with Crippen LogP contribution in [0.2, 0.25) is 0 Å². The van der Waals surface area contributed by atoms with Crippen LogP contribution < -0.4 is 5.32 Å². The zero-order valence-electron chi connectivity index (χ0n) is 9.32. The summed E-state index contributed by atoms with van der Waals surface area (Å²) in [6.07, 6.45) is 3.03. The minimum Gasteiger partial charge on any atom is -0.314 e. The van der Waals surface area contributed by atoms with Crippen LogP contribution in [0.3, 0.4) is 0 Å². The molecule has 0 aliphatic carbocycles. The van der Waals surface area contributed by atoms with Crippen LogP contribution in [0.1, 0.15) is 25.1 Å². The minimum absolute atomic E-state index is 0.494. The first-order chi connectivity index (χ1) is 7.42. The Morgan fingerprint density at radius 2 is 2.20 bits per heavy atom. The van der Waals surface area contributed by atoms with Crippen LogP contribution in [0, 0.1) is 0 Å². The molecule has 0 amide bonds. The van der Waals surface area contributed by atoms with Crippen LogP contribution in [0.5, 0.6) is 0 Å². The molecule has 1 aliphatic heterocycles. The maximum absolute atomic E-state index is 4.46. The van der Waals surface area contributed by atoms with E-state index >= 15 is 0 Å². The average Bonchev–Trinajstić information content (AvgIpc) is 2.33. The largest absolute Gasteiger partial charge is 0.314 e. The number of pyridine rings is 1. The van der Waals surface area contributed by atoms with Gasteiger partial charge in [0.25, 0.3) is 0 Å². The molecule has 1 aliphatic rings. The van der Waals surface area contributed by atoms with Crippen molar-refractivity contribution >= 4 is 0 Å². The Labute approximate surface area is 91.5 Å². The average molecular weight is 205 g/mol. The number of nitrogens with zero attached hydrogens (tertiary/aromatic N) is 2. The second kappa shape index (κ2) is 5.24. The fourth-order valence-electron chi connectivity index (χ4n) is 2.22. The molecule has 1 fully saturated rings. The summed E-state index contributed by atoms with van der Waals surface area (Å²) in [5.74, 6) is 0. The highest BCUT2D eigenvalue weighted by atomic mass is 15.2. The van der Waals surface area contributed by atoms with Crippen molar-refractivity contribution in [3.8, 4) is 0 Å². The predicted octanol–water partition coefficient (Wildman–Crippen LogP) is 1.44. The zero-order chi connectivity index (χ0) is 10.5. The molecule has 3 heteroatoms. The van der Waals surface area contributed by atoms with Gasteiger partial charge in [0.05, 0.1) is 11.7 Å². The van der Waals surface area contributed by atoms with Gasteiger partial charge in [0.2, 0.25) is 0 Å². The van der Waals surface area contributed by atoms with E-state index in [4.69, 9.17) is 0 Å². The van der Waals surface area contributed by atoms with Crippen molar-refractivity contribution < 1.29 is 0 Å². The summed E-state index contributed by atoms with van der Waals surface area (Å²) in [5, 5.41) is 3.38. The lowest BCUT2D eigenvalue weighted by Crippen LogP contribution is -2.45. The van der Waals surface area contributed by atoms with Crippen molar-refractivity contribution in [1.29, 1.82) is 0 Å². The summed E-state index contributed by atoms with van der Waals surface area (Å²) in [4.78, 5) is 6.99. The zero-order valence-corrected chi connectivity index (χ0v) is 9.32. The first kappa shape index (κ1) is 10.6. The van der Waals surface area contributed by atoms with Gasteiger partial charge in [-0.3, -0.25) is 9.88 Å². The van der Waals surface area contributed by atoms with E-state index in [-0.39, 0.29) is 0 Å². The van der Waals surface area contributed by atoms with E-state index in [2.05, 4.69) is 34.3 Å². The fourth-order valence-corrected chi connectivity index (χ4v) is 2.22. The van der Waals surface area contributed by atoms with Gasteiger partial charge in [0, 0.05) is 32.4 Å². The van der Waals surface area contributed by atoms with Crippen molar-refractivity contribution in [2.45, 2.75) is 19.4 Å². The third-order valence-electron chi connectivity index (χ3n) is 3.01. The first-order valence-corrected chi connectivity index (χ1v) is 5.77. The molecular formula is C12H19N3. The van der Waals surface area contributed by atoms with Crippen LogP contribution in [0.4, 0.5) is 0 Å². The molecule has 1 aromatic rings. The smallest absolute Gasteiger partial charge is 0.0575 e. The second-order valence-corrected chi connectivity index (χ2v) is 3.96.